The van der Waals surface area contributed by atoms with Crippen molar-refractivity contribution in [3.05, 3.63) is 29.1 Å². The van der Waals surface area contributed by atoms with Crippen molar-refractivity contribution in [1.29, 1.82) is 0 Å². The van der Waals surface area contributed by atoms with Gasteiger partial charge >= 0.3 is 5.97 Å². The van der Waals surface area contributed by atoms with Crippen LogP contribution in [0.25, 0.3) is 0 Å². The highest BCUT2D eigenvalue weighted by Gasteiger charge is 2.34. The molecule has 2 N–H and O–H groups in total. The van der Waals surface area contributed by atoms with E-state index in [1.807, 2.05) is 31.7 Å². The first-order valence-corrected chi connectivity index (χ1v) is 7.61. The number of nitrogens with zero attached hydrogens (tertiary/aromatic N) is 2. The molecule has 1 saturated carbocycles. The van der Waals surface area contributed by atoms with Crippen LogP contribution in [0.2, 0.25) is 0 Å². The highest BCUT2D eigenvalue weighted by molar-refractivity contribution is 5.95. The largest absolute Gasteiger partial charge is 0.480 e. The standard InChI is InChI=1S/C16H23N3O3/c1-4-19(9-15(20)21)13-7-12(8-13)18-16(22)14-6-5-10(2)17-11(14)3/h5-6,12-13H,4,7-9H2,1-3H3,(H,18,22)(H,20,21). The third-order valence-electron chi connectivity index (χ3n) is 4.18. The second kappa shape index (κ2) is 6.87. The van der Waals surface area contributed by atoms with E-state index in [4.69, 9.17) is 5.11 Å². The van der Waals surface area contributed by atoms with Gasteiger partial charge in [-0.3, -0.25) is 19.5 Å². The first-order chi connectivity index (χ1) is 10.4. The first kappa shape index (κ1) is 16.4. The molecular weight excluding hydrogens is 282 g/mol. The Hall–Kier alpha value is -1.95. The molecule has 1 aromatic heterocycles. The second-order valence-corrected chi connectivity index (χ2v) is 5.84. The predicted octanol–water partition coefficient (Wildman–Crippen LogP) is 1.37. The average molecular weight is 305 g/mol. The molecule has 1 fully saturated rings. The van der Waals surface area contributed by atoms with Crippen molar-refractivity contribution in [2.24, 2.45) is 0 Å². The number of hydrogen-bond donors (Lipinski definition) is 2. The van der Waals surface area contributed by atoms with Crippen molar-refractivity contribution < 1.29 is 14.7 Å². The topological polar surface area (TPSA) is 82.5 Å². The molecule has 1 aliphatic rings. The minimum atomic E-state index is -0.810. The summed E-state index contributed by atoms with van der Waals surface area (Å²) in [6.07, 6.45) is 1.59. The van der Waals surface area contributed by atoms with Crippen LogP contribution in [0.1, 0.15) is 41.5 Å². The number of nitrogens with one attached hydrogen (secondary N) is 1. The number of aryl methyl sites for hydroxylation is 2. The Kier molecular flexibility index (Phi) is 5.13. The van der Waals surface area contributed by atoms with Crippen LogP contribution in [-0.2, 0) is 4.79 Å². The Balaban J connectivity index is 1.86. The maximum Gasteiger partial charge on any atom is 0.317 e. The lowest BCUT2D eigenvalue weighted by Gasteiger charge is -2.42. The number of hydrogen-bond acceptors (Lipinski definition) is 4. The number of aromatic nitrogens is 1. The maximum atomic E-state index is 12.2. The van der Waals surface area contributed by atoms with E-state index in [-0.39, 0.29) is 24.5 Å². The fraction of sp³-hybridized carbons (Fsp3) is 0.562. The first-order valence-electron chi connectivity index (χ1n) is 7.61. The van der Waals surface area contributed by atoms with Gasteiger partial charge in [0.2, 0.25) is 0 Å². The number of carboxylic acids is 1. The Morgan fingerprint density at radius 1 is 1.36 bits per heavy atom. The van der Waals surface area contributed by atoms with E-state index in [9.17, 15) is 9.59 Å². The molecule has 2 rings (SSSR count). The summed E-state index contributed by atoms with van der Waals surface area (Å²) >= 11 is 0. The number of rotatable bonds is 6. The monoisotopic (exact) mass is 305 g/mol. The molecule has 0 aromatic carbocycles. The highest BCUT2D eigenvalue weighted by atomic mass is 16.4. The van der Waals surface area contributed by atoms with E-state index in [1.54, 1.807) is 6.07 Å². The predicted molar refractivity (Wildman–Crippen MR) is 82.9 cm³/mol. The van der Waals surface area contributed by atoms with Crippen molar-refractivity contribution in [3.63, 3.8) is 0 Å². The molecule has 1 aromatic rings. The Bertz CT molecular complexity index is 568. The van der Waals surface area contributed by atoms with Gasteiger partial charge in [-0.2, -0.15) is 0 Å². The van der Waals surface area contributed by atoms with E-state index < -0.39 is 5.97 Å². The number of pyridine rings is 1. The summed E-state index contributed by atoms with van der Waals surface area (Å²) in [4.78, 5) is 29.3. The lowest BCUT2D eigenvalue weighted by molar-refractivity contribution is -0.139. The Morgan fingerprint density at radius 3 is 2.59 bits per heavy atom. The third-order valence-corrected chi connectivity index (χ3v) is 4.18. The Morgan fingerprint density at radius 2 is 2.05 bits per heavy atom. The fourth-order valence-corrected chi connectivity index (χ4v) is 2.87. The molecule has 22 heavy (non-hydrogen) atoms. The minimum absolute atomic E-state index is 0.0584. The summed E-state index contributed by atoms with van der Waals surface area (Å²) in [6, 6.07) is 3.98. The van der Waals surface area contributed by atoms with Crippen LogP contribution < -0.4 is 5.32 Å². The molecule has 6 heteroatoms. The smallest absolute Gasteiger partial charge is 0.317 e. The van der Waals surface area contributed by atoms with Crippen LogP contribution in [0.5, 0.6) is 0 Å². The van der Waals surface area contributed by atoms with E-state index >= 15 is 0 Å². The second-order valence-electron chi connectivity index (χ2n) is 5.84. The van der Waals surface area contributed by atoms with E-state index in [0.29, 0.717) is 12.1 Å². The van der Waals surface area contributed by atoms with Gasteiger partial charge in [-0.1, -0.05) is 6.92 Å². The van der Waals surface area contributed by atoms with Crippen LogP contribution in [-0.4, -0.2) is 52.0 Å². The molecule has 0 atom stereocenters. The lowest BCUT2D eigenvalue weighted by atomic mass is 9.85. The minimum Gasteiger partial charge on any atom is -0.480 e. The normalized spacial score (nSPS) is 20.5. The van der Waals surface area contributed by atoms with E-state index in [1.165, 1.54) is 0 Å². The Labute approximate surface area is 130 Å². The van der Waals surface area contributed by atoms with Gasteiger partial charge in [0.1, 0.15) is 0 Å². The maximum absolute atomic E-state index is 12.2. The van der Waals surface area contributed by atoms with Gasteiger partial charge in [0.05, 0.1) is 17.8 Å². The van der Waals surface area contributed by atoms with Gasteiger partial charge in [0.25, 0.3) is 5.91 Å². The van der Waals surface area contributed by atoms with Crippen LogP contribution in [0.3, 0.4) is 0 Å². The van der Waals surface area contributed by atoms with Crippen LogP contribution in [0.4, 0.5) is 0 Å². The van der Waals surface area contributed by atoms with Gasteiger partial charge in [-0.25, -0.2) is 0 Å². The van der Waals surface area contributed by atoms with Gasteiger partial charge < -0.3 is 10.4 Å². The molecule has 1 aliphatic carbocycles. The molecular formula is C16H23N3O3. The number of aliphatic carboxylic acids is 1. The number of likely N-dealkylation sites (N-methyl/N-ethyl adjacent to an activating group) is 1. The zero-order valence-electron chi connectivity index (χ0n) is 13.3. The van der Waals surface area contributed by atoms with Gasteiger partial charge in [-0.05, 0) is 45.4 Å². The van der Waals surface area contributed by atoms with Gasteiger partial charge in [0, 0.05) is 17.8 Å². The number of carbonyl (C=O) groups is 2. The lowest BCUT2D eigenvalue weighted by Crippen LogP contribution is -2.54. The quantitative estimate of drug-likeness (QED) is 0.829. The summed E-state index contributed by atoms with van der Waals surface area (Å²) in [7, 11) is 0. The molecule has 0 bridgehead atoms. The molecule has 0 spiro atoms. The van der Waals surface area contributed by atoms with Crippen molar-refractivity contribution in [1.82, 2.24) is 15.2 Å². The number of amides is 1. The summed E-state index contributed by atoms with van der Waals surface area (Å²) in [5.41, 5.74) is 2.23. The number of carboxylic acid groups (broad SMARTS) is 1. The van der Waals surface area contributed by atoms with Crippen LogP contribution in [0.15, 0.2) is 12.1 Å². The molecule has 0 saturated heterocycles. The molecule has 0 aliphatic heterocycles. The average Bonchev–Trinajstić information content (AvgIpc) is 2.39. The van der Waals surface area contributed by atoms with Crippen molar-refractivity contribution in [2.45, 2.75) is 45.7 Å². The van der Waals surface area contributed by atoms with Crippen molar-refractivity contribution in [3.8, 4) is 0 Å². The van der Waals surface area contributed by atoms with Gasteiger partial charge in [-0.15, -0.1) is 0 Å². The molecule has 1 heterocycles. The molecule has 6 nitrogen and oxygen atoms in total. The SMILES string of the molecule is CCN(CC(=O)O)C1CC(NC(=O)c2ccc(C)nc2C)C1. The fourth-order valence-electron chi connectivity index (χ4n) is 2.87. The molecule has 0 unspecified atom stereocenters. The van der Waals surface area contributed by atoms with Crippen LogP contribution >= 0.6 is 0 Å². The van der Waals surface area contributed by atoms with Crippen LogP contribution in [0, 0.1) is 13.8 Å². The number of carbonyl (C=O) groups excluding carboxylic acids is 1. The zero-order chi connectivity index (χ0) is 16.3. The third kappa shape index (κ3) is 3.82. The summed E-state index contributed by atoms with van der Waals surface area (Å²) in [5.74, 6) is -0.912. The summed E-state index contributed by atoms with van der Waals surface area (Å²) in [6.45, 7) is 6.45. The molecule has 120 valence electrons. The zero-order valence-corrected chi connectivity index (χ0v) is 13.3. The van der Waals surface area contributed by atoms with Crippen molar-refractivity contribution in [2.75, 3.05) is 13.1 Å². The summed E-state index contributed by atoms with van der Waals surface area (Å²) < 4.78 is 0. The van der Waals surface area contributed by atoms with E-state index in [2.05, 4.69) is 10.3 Å². The molecule has 1 amide bonds. The highest BCUT2D eigenvalue weighted by Crippen LogP contribution is 2.26. The van der Waals surface area contributed by atoms with Crippen molar-refractivity contribution >= 4 is 11.9 Å². The molecule has 0 radical (unpaired) electrons. The summed E-state index contributed by atoms with van der Waals surface area (Å²) in [5, 5.41) is 11.9. The van der Waals surface area contributed by atoms with Gasteiger partial charge in [0.15, 0.2) is 0 Å². The van der Waals surface area contributed by atoms with E-state index in [0.717, 1.165) is 24.2 Å².